The SMILES string of the molecule is CCN1C(=O)/C(=C\c2cccc(OCc3ccccc3)c2)C(C(=O)OC)=C1C. The third kappa shape index (κ3) is 3.98. The van der Waals surface area contributed by atoms with Crippen molar-refractivity contribution < 1.29 is 19.1 Å². The van der Waals surface area contributed by atoms with Gasteiger partial charge in [0, 0.05) is 12.2 Å². The van der Waals surface area contributed by atoms with E-state index in [0.29, 0.717) is 35.7 Å². The van der Waals surface area contributed by atoms with Crippen molar-refractivity contribution in [3.05, 3.63) is 82.6 Å². The van der Waals surface area contributed by atoms with Gasteiger partial charge in [0.15, 0.2) is 0 Å². The first kappa shape index (κ1) is 19.4. The standard InChI is InChI=1S/C23H23NO4/c1-4-24-16(2)21(23(26)27-3)20(22(24)25)14-18-11-8-12-19(13-18)28-15-17-9-6-5-7-10-17/h5-14H,4,15H2,1-3H3/b20-14-. The van der Waals surface area contributed by atoms with Gasteiger partial charge in [0.2, 0.25) is 0 Å². The number of allylic oxidation sites excluding steroid dienone is 1. The number of amides is 1. The Morgan fingerprint density at radius 3 is 2.54 bits per heavy atom. The molecule has 1 heterocycles. The lowest BCUT2D eigenvalue weighted by molar-refractivity contribution is -0.136. The van der Waals surface area contributed by atoms with Crippen LogP contribution in [0.5, 0.6) is 5.75 Å². The number of nitrogens with zero attached hydrogens (tertiary/aromatic N) is 1. The predicted molar refractivity (Wildman–Crippen MR) is 107 cm³/mol. The lowest BCUT2D eigenvalue weighted by atomic mass is 10.0. The molecule has 0 saturated heterocycles. The lowest BCUT2D eigenvalue weighted by Gasteiger charge is -2.14. The van der Waals surface area contributed by atoms with Crippen LogP contribution in [-0.2, 0) is 20.9 Å². The molecule has 3 rings (SSSR count). The minimum absolute atomic E-state index is 0.198. The van der Waals surface area contributed by atoms with E-state index in [0.717, 1.165) is 11.1 Å². The average Bonchev–Trinajstić information content (AvgIpc) is 2.96. The van der Waals surface area contributed by atoms with Crippen LogP contribution in [0.25, 0.3) is 6.08 Å². The Labute approximate surface area is 164 Å². The number of carbonyl (C=O) groups is 2. The Morgan fingerprint density at radius 1 is 1.11 bits per heavy atom. The normalized spacial score (nSPS) is 15.3. The molecule has 144 valence electrons. The highest BCUT2D eigenvalue weighted by Gasteiger charge is 2.36. The van der Waals surface area contributed by atoms with Crippen molar-refractivity contribution in [1.29, 1.82) is 0 Å². The van der Waals surface area contributed by atoms with Crippen LogP contribution in [0.2, 0.25) is 0 Å². The first-order valence-corrected chi connectivity index (χ1v) is 9.15. The number of benzene rings is 2. The van der Waals surface area contributed by atoms with E-state index in [1.807, 2.05) is 61.5 Å². The molecule has 0 spiro atoms. The van der Waals surface area contributed by atoms with Gasteiger partial charge in [-0.05, 0) is 43.2 Å². The molecule has 1 aliphatic rings. The van der Waals surface area contributed by atoms with E-state index in [1.54, 1.807) is 17.9 Å². The lowest BCUT2D eigenvalue weighted by Crippen LogP contribution is -2.24. The van der Waals surface area contributed by atoms with Gasteiger partial charge in [-0.1, -0.05) is 42.5 Å². The fourth-order valence-electron chi connectivity index (χ4n) is 3.21. The molecule has 0 aromatic heterocycles. The number of ether oxygens (including phenoxy) is 2. The van der Waals surface area contributed by atoms with E-state index in [2.05, 4.69) is 0 Å². The zero-order chi connectivity index (χ0) is 20.1. The van der Waals surface area contributed by atoms with E-state index in [4.69, 9.17) is 9.47 Å². The minimum Gasteiger partial charge on any atom is -0.489 e. The Balaban J connectivity index is 1.87. The maximum absolute atomic E-state index is 12.8. The van der Waals surface area contributed by atoms with Gasteiger partial charge in [-0.2, -0.15) is 0 Å². The third-order valence-electron chi connectivity index (χ3n) is 4.63. The average molecular weight is 377 g/mol. The number of likely N-dealkylation sites (N-methyl/N-ethyl adjacent to an activating group) is 1. The quantitative estimate of drug-likeness (QED) is 0.565. The van der Waals surface area contributed by atoms with Crippen LogP contribution in [0.4, 0.5) is 0 Å². The van der Waals surface area contributed by atoms with Gasteiger partial charge in [0.1, 0.15) is 12.4 Å². The summed E-state index contributed by atoms with van der Waals surface area (Å²) in [6, 6.07) is 17.3. The number of carbonyl (C=O) groups excluding carboxylic acids is 2. The highest BCUT2D eigenvalue weighted by molar-refractivity contribution is 6.16. The molecule has 28 heavy (non-hydrogen) atoms. The molecular formula is C23H23NO4. The van der Waals surface area contributed by atoms with Crippen LogP contribution >= 0.6 is 0 Å². The van der Waals surface area contributed by atoms with Crippen LogP contribution in [0.15, 0.2) is 71.4 Å². The van der Waals surface area contributed by atoms with E-state index in [1.165, 1.54) is 7.11 Å². The van der Waals surface area contributed by atoms with Crippen molar-refractivity contribution in [1.82, 2.24) is 4.90 Å². The molecule has 1 aliphatic heterocycles. The highest BCUT2D eigenvalue weighted by atomic mass is 16.5. The van der Waals surface area contributed by atoms with Crippen molar-refractivity contribution in [2.24, 2.45) is 0 Å². The number of rotatable bonds is 6. The van der Waals surface area contributed by atoms with Crippen LogP contribution in [0.1, 0.15) is 25.0 Å². The van der Waals surface area contributed by atoms with Gasteiger partial charge >= 0.3 is 5.97 Å². The summed E-state index contributed by atoms with van der Waals surface area (Å²) in [6.07, 6.45) is 1.71. The van der Waals surface area contributed by atoms with E-state index >= 15 is 0 Å². The second-order valence-corrected chi connectivity index (χ2v) is 6.41. The molecular weight excluding hydrogens is 354 g/mol. The summed E-state index contributed by atoms with van der Waals surface area (Å²) in [7, 11) is 1.32. The van der Waals surface area contributed by atoms with Gasteiger partial charge in [0.25, 0.3) is 5.91 Å². The summed E-state index contributed by atoms with van der Waals surface area (Å²) >= 11 is 0. The summed E-state index contributed by atoms with van der Waals surface area (Å²) < 4.78 is 10.7. The first-order valence-electron chi connectivity index (χ1n) is 9.15. The fourth-order valence-corrected chi connectivity index (χ4v) is 3.21. The maximum atomic E-state index is 12.8. The van der Waals surface area contributed by atoms with E-state index in [-0.39, 0.29) is 5.91 Å². The number of hydrogen-bond acceptors (Lipinski definition) is 4. The second-order valence-electron chi connectivity index (χ2n) is 6.41. The molecule has 5 nitrogen and oxygen atoms in total. The summed E-state index contributed by atoms with van der Waals surface area (Å²) in [5, 5.41) is 0. The zero-order valence-corrected chi connectivity index (χ0v) is 16.3. The summed E-state index contributed by atoms with van der Waals surface area (Å²) in [4.78, 5) is 26.6. The molecule has 2 aromatic rings. The van der Waals surface area contributed by atoms with Gasteiger partial charge in [-0.15, -0.1) is 0 Å². The van der Waals surface area contributed by atoms with Crippen molar-refractivity contribution >= 4 is 18.0 Å². The fraction of sp³-hybridized carbons (Fsp3) is 0.217. The first-order chi connectivity index (χ1) is 13.5. The molecule has 0 atom stereocenters. The Morgan fingerprint density at radius 2 is 1.86 bits per heavy atom. The summed E-state index contributed by atoms with van der Waals surface area (Å²) in [5.74, 6) is -0.0168. The predicted octanol–water partition coefficient (Wildman–Crippen LogP) is 3.96. The smallest absolute Gasteiger partial charge is 0.340 e. The van der Waals surface area contributed by atoms with Crippen LogP contribution in [0, 0.1) is 0 Å². The summed E-state index contributed by atoms with van der Waals surface area (Å²) in [5.41, 5.74) is 3.11. The number of hydrogen-bond donors (Lipinski definition) is 0. The Bertz CT molecular complexity index is 944. The zero-order valence-electron chi connectivity index (χ0n) is 16.3. The number of esters is 1. The highest BCUT2D eigenvalue weighted by Crippen LogP contribution is 2.31. The van der Waals surface area contributed by atoms with Crippen molar-refractivity contribution in [2.75, 3.05) is 13.7 Å². The topological polar surface area (TPSA) is 55.8 Å². The van der Waals surface area contributed by atoms with Gasteiger partial charge in [0.05, 0.1) is 18.3 Å². The van der Waals surface area contributed by atoms with E-state index < -0.39 is 5.97 Å². The van der Waals surface area contributed by atoms with Crippen molar-refractivity contribution in [2.45, 2.75) is 20.5 Å². The molecule has 0 unspecified atom stereocenters. The monoisotopic (exact) mass is 377 g/mol. The molecule has 0 radical (unpaired) electrons. The van der Waals surface area contributed by atoms with Crippen molar-refractivity contribution in [3.8, 4) is 5.75 Å². The molecule has 0 bridgehead atoms. The second kappa shape index (κ2) is 8.57. The van der Waals surface area contributed by atoms with Crippen LogP contribution < -0.4 is 4.74 Å². The Hall–Kier alpha value is -3.34. The molecule has 2 aromatic carbocycles. The molecule has 5 heteroatoms. The minimum atomic E-state index is -0.510. The van der Waals surface area contributed by atoms with Crippen molar-refractivity contribution in [3.63, 3.8) is 0 Å². The van der Waals surface area contributed by atoms with E-state index in [9.17, 15) is 9.59 Å². The van der Waals surface area contributed by atoms with Gasteiger partial charge in [-0.25, -0.2) is 4.79 Å². The number of methoxy groups -OCH3 is 1. The largest absolute Gasteiger partial charge is 0.489 e. The van der Waals surface area contributed by atoms with Crippen LogP contribution in [-0.4, -0.2) is 30.4 Å². The molecule has 1 amide bonds. The van der Waals surface area contributed by atoms with Gasteiger partial charge in [-0.3, -0.25) is 4.79 Å². The Kier molecular flexibility index (Phi) is 5.94. The molecule has 0 aliphatic carbocycles. The molecule has 0 fully saturated rings. The third-order valence-corrected chi connectivity index (χ3v) is 4.63. The summed E-state index contributed by atoms with van der Waals surface area (Å²) in [6.45, 7) is 4.57. The molecule has 0 saturated carbocycles. The van der Waals surface area contributed by atoms with Gasteiger partial charge < -0.3 is 14.4 Å². The molecule has 0 N–H and O–H groups in total. The van der Waals surface area contributed by atoms with Crippen LogP contribution in [0.3, 0.4) is 0 Å². The maximum Gasteiger partial charge on any atom is 0.340 e.